The van der Waals surface area contributed by atoms with Gasteiger partial charge in [0.05, 0.1) is 22.8 Å². The van der Waals surface area contributed by atoms with E-state index in [0.717, 1.165) is 71.1 Å². The van der Waals surface area contributed by atoms with Crippen molar-refractivity contribution in [3.63, 3.8) is 0 Å². The van der Waals surface area contributed by atoms with Crippen molar-refractivity contribution in [2.24, 2.45) is 9.98 Å². The van der Waals surface area contributed by atoms with E-state index in [1.807, 2.05) is 109 Å². The van der Waals surface area contributed by atoms with E-state index in [4.69, 9.17) is 5.73 Å². The van der Waals surface area contributed by atoms with Gasteiger partial charge >= 0.3 is 0 Å². The highest BCUT2D eigenvalue weighted by molar-refractivity contribution is 9.10. The monoisotopic (exact) mass is 665 g/mol. The molecule has 6 aromatic rings. The summed E-state index contributed by atoms with van der Waals surface area (Å²) in [6.07, 6.45) is 0. The number of nitrogen functional groups attached to an aromatic ring is 1. The second kappa shape index (κ2) is 12.4. The Bertz CT molecular complexity index is 2050. The summed E-state index contributed by atoms with van der Waals surface area (Å²) in [4.78, 5) is 33.2. The van der Waals surface area contributed by atoms with E-state index < -0.39 is 0 Å². The number of benzene rings is 6. The number of nitrogens with two attached hydrogens (primary N) is 1. The lowest BCUT2D eigenvalue weighted by Gasteiger charge is -2.13. The average molecular weight is 667 g/mol. The second-order valence-electron chi connectivity index (χ2n) is 11.0. The van der Waals surface area contributed by atoms with Crippen molar-refractivity contribution in [2.75, 3.05) is 29.5 Å². The van der Waals surface area contributed by atoms with Gasteiger partial charge in [-0.25, -0.2) is 0 Å². The molecule has 2 aliphatic heterocycles. The molecule has 2 heterocycles. The summed E-state index contributed by atoms with van der Waals surface area (Å²) >= 11 is 3.45. The van der Waals surface area contributed by atoms with Crippen LogP contribution in [0.5, 0.6) is 0 Å². The molecule has 6 aromatic carbocycles. The standard InChI is InChI=1S/C19H13BrN2O.C19H15N3O/c2*20-14-8-5-13(6-9-14)18-16-10-7-12-3-1-2-4-15(12)19(16)22-17(23)11-21-18/h1-10H,11H2,(H,22,23);1-10H,11,20H2,(H,22,23). The fourth-order valence-corrected chi connectivity index (χ4v) is 6.04. The van der Waals surface area contributed by atoms with Gasteiger partial charge in [-0.1, -0.05) is 113 Å². The molecule has 2 amide bonds. The second-order valence-corrected chi connectivity index (χ2v) is 11.9. The molecule has 7 nitrogen and oxygen atoms in total. The van der Waals surface area contributed by atoms with Crippen LogP contribution in [0.4, 0.5) is 17.1 Å². The van der Waals surface area contributed by atoms with Crippen LogP contribution in [0.25, 0.3) is 21.5 Å². The first-order valence-electron chi connectivity index (χ1n) is 14.8. The van der Waals surface area contributed by atoms with Crippen molar-refractivity contribution in [1.29, 1.82) is 0 Å². The van der Waals surface area contributed by atoms with Gasteiger partial charge in [-0.2, -0.15) is 0 Å². The van der Waals surface area contributed by atoms with Crippen LogP contribution in [0, 0.1) is 0 Å². The summed E-state index contributed by atoms with van der Waals surface area (Å²) < 4.78 is 1.02. The van der Waals surface area contributed by atoms with Gasteiger partial charge in [0.25, 0.3) is 0 Å². The molecule has 0 bridgehead atoms. The number of hydrogen-bond donors (Lipinski definition) is 3. The quantitative estimate of drug-likeness (QED) is 0.166. The molecule has 0 radical (unpaired) electrons. The molecule has 0 aliphatic carbocycles. The van der Waals surface area contributed by atoms with Crippen LogP contribution in [0.3, 0.4) is 0 Å². The third kappa shape index (κ3) is 5.78. The maximum atomic E-state index is 12.1. The highest BCUT2D eigenvalue weighted by atomic mass is 79.9. The van der Waals surface area contributed by atoms with E-state index in [9.17, 15) is 9.59 Å². The van der Waals surface area contributed by atoms with Crippen molar-refractivity contribution in [1.82, 2.24) is 0 Å². The molecule has 224 valence electrons. The Hall–Kier alpha value is -5.60. The van der Waals surface area contributed by atoms with Crippen LogP contribution in [-0.4, -0.2) is 36.3 Å². The molecular formula is C38H28BrN5O2. The van der Waals surface area contributed by atoms with Gasteiger partial charge in [-0.05, 0) is 35.0 Å². The number of amides is 2. The molecule has 0 fully saturated rings. The summed E-state index contributed by atoms with van der Waals surface area (Å²) in [6, 6.07) is 39.8. The molecular weight excluding hydrogens is 638 g/mol. The Kier molecular flexibility index (Phi) is 7.86. The van der Waals surface area contributed by atoms with Gasteiger partial charge in [0, 0.05) is 43.2 Å². The third-order valence-electron chi connectivity index (χ3n) is 7.96. The summed E-state index contributed by atoms with van der Waals surface area (Å²) in [5.41, 5.74) is 13.6. The third-order valence-corrected chi connectivity index (χ3v) is 8.49. The van der Waals surface area contributed by atoms with Gasteiger partial charge in [-0.15, -0.1) is 0 Å². The number of carbonyl (C=O) groups excluding carboxylic acids is 2. The van der Waals surface area contributed by atoms with E-state index in [1.54, 1.807) is 0 Å². The number of nitrogens with one attached hydrogen (secondary N) is 2. The van der Waals surface area contributed by atoms with E-state index in [1.165, 1.54) is 0 Å². The van der Waals surface area contributed by atoms with Gasteiger partial charge in [0.1, 0.15) is 13.1 Å². The van der Waals surface area contributed by atoms with Crippen LogP contribution < -0.4 is 16.4 Å². The van der Waals surface area contributed by atoms with E-state index in [2.05, 4.69) is 48.7 Å². The lowest BCUT2D eigenvalue weighted by Crippen LogP contribution is -2.13. The first-order chi connectivity index (χ1) is 22.4. The number of rotatable bonds is 2. The minimum Gasteiger partial charge on any atom is -0.399 e. The largest absolute Gasteiger partial charge is 0.399 e. The summed E-state index contributed by atoms with van der Waals surface area (Å²) in [5, 5.41) is 10.3. The van der Waals surface area contributed by atoms with Crippen molar-refractivity contribution >= 4 is 77.8 Å². The maximum absolute atomic E-state index is 12.1. The van der Waals surface area contributed by atoms with Crippen molar-refractivity contribution < 1.29 is 9.59 Å². The predicted molar refractivity (Wildman–Crippen MR) is 191 cm³/mol. The first kappa shape index (κ1) is 29.1. The van der Waals surface area contributed by atoms with Gasteiger partial charge in [0.2, 0.25) is 11.8 Å². The van der Waals surface area contributed by atoms with Crippen LogP contribution in [0.1, 0.15) is 22.3 Å². The molecule has 0 saturated carbocycles. The zero-order valence-corrected chi connectivity index (χ0v) is 26.2. The molecule has 2 aliphatic rings. The van der Waals surface area contributed by atoms with Crippen molar-refractivity contribution in [3.05, 3.63) is 148 Å². The Morgan fingerprint density at radius 1 is 0.543 bits per heavy atom. The number of carbonyl (C=O) groups is 2. The van der Waals surface area contributed by atoms with E-state index in [-0.39, 0.29) is 24.9 Å². The zero-order chi connectivity index (χ0) is 31.6. The lowest BCUT2D eigenvalue weighted by molar-refractivity contribution is -0.115. The van der Waals surface area contributed by atoms with Crippen molar-refractivity contribution in [3.8, 4) is 0 Å². The molecule has 0 unspecified atom stereocenters. The Morgan fingerprint density at radius 3 is 1.46 bits per heavy atom. The van der Waals surface area contributed by atoms with Crippen LogP contribution in [0.2, 0.25) is 0 Å². The Morgan fingerprint density at radius 2 is 0.978 bits per heavy atom. The molecule has 46 heavy (non-hydrogen) atoms. The molecule has 8 heteroatoms. The fraction of sp³-hybridized carbons (Fsp3) is 0.0526. The average Bonchev–Trinajstić information content (AvgIpc) is 3.36. The number of hydrogen-bond acceptors (Lipinski definition) is 5. The highest BCUT2D eigenvalue weighted by Gasteiger charge is 2.21. The first-order valence-corrected chi connectivity index (χ1v) is 15.6. The summed E-state index contributed by atoms with van der Waals surface area (Å²) in [6.45, 7) is 0.247. The topological polar surface area (TPSA) is 109 Å². The molecule has 0 saturated heterocycles. The Balaban J connectivity index is 0.000000147. The summed E-state index contributed by atoms with van der Waals surface area (Å²) in [5.74, 6) is -0.192. The van der Waals surface area contributed by atoms with Gasteiger partial charge < -0.3 is 16.4 Å². The Labute approximate surface area is 274 Å². The van der Waals surface area contributed by atoms with Crippen LogP contribution >= 0.6 is 15.9 Å². The van der Waals surface area contributed by atoms with E-state index in [0.29, 0.717) is 5.69 Å². The fourth-order valence-electron chi connectivity index (χ4n) is 5.78. The minimum atomic E-state index is -0.104. The molecule has 8 rings (SSSR count). The van der Waals surface area contributed by atoms with Crippen molar-refractivity contribution in [2.45, 2.75) is 0 Å². The van der Waals surface area contributed by atoms with Gasteiger partial charge in [-0.3, -0.25) is 19.6 Å². The number of halogens is 1. The number of fused-ring (bicyclic) bond motifs is 6. The van der Waals surface area contributed by atoms with Crippen LogP contribution in [-0.2, 0) is 9.59 Å². The summed E-state index contributed by atoms with van der Waals surface area (Å²) in [7, 11) is 0. The molecule has 0 aromatic heterocycles. The number of anilines is 3. The lowest BCUT2D eigenvalue weighted by atomic mass is 9.96. The predicted octanol–water partition coefficient (Wildman–Crippen LogP) is 7.60. The smallest absolute Gasteiger partial charge is 0.246 e. The molecule has 0 spiro atoms. The highest BCUT2D eigenvalue weighted by Crippen LogP contribution is 2.32. The van der Waals surface area contributed by atoms with Crippen LogP contribution in [0.15, 0.2) is 136 Å². The minimum absolute atomic E-state index is 0.0882. The SMILES string of the molecule is Nc1ccc(C2=NCC(=O)Nc3c2ccc2ccccc32)cc1.O=C1CN=C(c2ccc(Br)cc2)c2ccc3ccccc3c2N1. The number of nitrogens with zero attached hydrogens (tertiary/aromatic N) is 2. The molecule has 4 N–H and O–H groups in total. The van der Waals surface area contributed by atoms with Gasteiger partial charge in [0.15, 0.2) is 0 Å². The maximum Gasteiger partial charge on any atom is 0.246 e. The zero-order valence-electron chi connectivity index (χ0n) is 24.6. The normalized spacial score (nSPS) is 13.9. The number of aliphatic imine (C=N–C) groups is 2. The molecule has 0 atom stereocenters. The van der Waals surface area contributed by atoms with E-state index >= 15 is 0 Å².